The van der Waals surface area contributed by atoms with Gasteiger partial charge in [0, 0.05) is 5.56 Å². The average Bonchev–Trinajstić information content (AvgIpc) is 3.07. The SMILES string of the molecule is Cc1ccc(-c2ccc(-c3ccc(C#N)cc3)o2)o1. The van der Waals surface area contributed by atoms with Gasteiger partial charge in [-0.25, -0.2) is 0 Å². The van der Waals surface area contributed by atoms with Crippen molar-refractivity contribution in [2.75, 3.05) is 0 Å². The Balaban J connectivity index is 1.94. The van der Waals surface area contributed by atoms with E-state index in [4.69, 9.17) is 14.1 Å². The second-order valence-electron chi connectivity index (χ2n) is 4.26. The number of rotatable bonds is 2. The number of benzene rings is 1. The quantitative estimate of drug-likeness (QED) is 0.676. The fourth-order valence-electron chi connectivity index (χ4n) is 1.90. The number of furan rings is 2. The first kappa shape index (κ1) is 11.4. The summed E-state index contributed by atoms with van der Waals surface area (Å²) in [5.41, 5.74) is 1.57. The molecule has 0 fully saturated rings. The van der Waals surface area contributed by atoms with Gasteiger partial charge in [0.25, 0.3) is 0 Å². The summed E-state index contributed by atoms with van der Waals surface area (Å²) in [6.45, 7) is 1.90. The molecule has 2 aromatic heterocycles. The summed E-state index contributed by atoms with van der Waals surface area (Å²) in [5, 5.41) is 8.77. The molecular formula is C16H11NO2. The van der Waals surface area contributed by atoms with Crippen LogP contribution in [0.1, 0.15) is 11.3 Å². The summed E-state index contributed by atoms with van der Waals surface area (Å²) in [7, 11) is 0. The summed E-state index contributed by atoms with van der Waals surface area (Å²) in [6.07, 6.45) is 0. The molecule has 0 aliphatic heterocycles. The molecule has 0 aliphatic carbocycles. The lowest BCUT2D eigenvalue weighted by Gasteiger charge is -1.96. The summed E-state index contributed by atoms with van der Waals surface area (Å²) in [5.74, 6) is 3.03. The molecule has 0 amide bonds. The van der Waals surface area contributed by atoms with Gasteiger partial charge in [0.15, 0.2) is 11.5 Å². The normalized spacial score (nSPS) is 10.3. The molecule has 3 nitrogen and oxygen atoms in total. The monoisotopic (exact) mass is 249 g/mol. The lowest BCUT2D eigenvalue weighted by molar-refractivity contribution is 0.512. The summed E-state index contributed by atoms with van der Waals surface area (Å²) < 4.78 is 11.3. The van der Waals surface area contributed by atoms with Gasteiger partial charge in [-0.3, -0.25) is 0 Å². The molecule has 0 N–H and O–H groups in total. The molecule has 0 atom stereocenters. The molecule has 0 spiro atoms. The molecule has 0 aliphatic rings. The lowest BCUT2D eigenvalue weighted by atomic mass is 10.1. The standard InChI is InChI=1S/C16H11NO2/c1-11-2-7-15(18-11)16-9-8-14(19-16)13-5-3-12(10-17)4-6-13/h2-9H,1H3. The number of hydrogen-bond donors (Lipinski definition) is 0. The van der Waals surface area contributed by atoms with Gasteiger partial charge < -0.3 is 8.83 Å². The zero-order valence-corrected chi connectivity index (χ0v) is 10.4. The van der Waals surface area contributed by atoms with E-state index in [1.54, 1.807) is 12.1 Å². The maximum Gasteiger partial charge on any atom is 0.170 e. The van der Waals surface area contributed by atoms with E-state index in [1.165, 1.54) is 0 Å². The molecule has 0 bridgehead atoms. The fraction of sp³-hybridized carbons (Fsp3) is 0.0625. The zero-order chi connectivity index (χ0) is 13.2. The van der Waals surface area contributed by atoms with Crippen molar-refractivity contribution in [1.29, 1.82) is 5.26 Å². The minimum atomic E-state index is 0.636. The maximum atomic E-state index is 8.77. The molecule has 92 valence electrons. The van der Waals surface area contributed by atoms with Gasteiger partial charge in [0.05, 0.1) is 11.6 Å². The van der Waals surface area contributed by atoms with Crippen LogP contribution in [0, 0.1) is 18.3 Å². The predicted octanol–water partition coefficient (Wildman–Crippen LogP) is 4.39. The van der Waals surface area contributed by atoms with E-state index in [-0.39, 0.29) is 0 Å². The van der Waals surface area contributed by atoms with Crippen LogP contribution in [0.25, 0.3) is 22.8 Å². The Morgan fingerprint density at radius 2 is 1.42 bits per heavy atom. The van der Waals surface area contributed by atoms with Gasteiger partial charge in [0.2, 0.25) is 0 Å². The Kier molecular flexibility index (Phi) is 2.70. The molecule has 0 saturated carbocycles. The molecule has 3 rings (SSSR count). The third kappa shape index (κ3) is 2.16. The number of aryl methyl sites for hydroxylation is 1. The highest BCUT2D eigenvalue weighted by atomic mass is 16.4. The third-order valence-corrected chi connectivity index (χ3v) is 2.89. The van der Waals surface area contributed by atoms with Crippen LogP contribution in [0.4, 0.5) is 0 Å². The van der Waals surface area contributed by atoms with E-state index in [9.17, 15) is 0 Å². The summed E-state index contributed by atoms with van der Waals surface area (Å²) >= 11 is 0. The van der Waals surface area contributed by atoms with Crippen molar-refractivity contribution >= 4 is 0 Å². The Morgan fingerprint density at radius 3 is 2.05 bits per heavy atom. The van der Waals surface area contributed by atoms with Crippen molar-refractivity contribution in [3.63, 3.8) is 0 Å². The molecule has 19 heavy (non-hydrogen) atoms. The number of nitriles is 1. The average molecular weight is 249 g/mol. The molecule has 3 aromatic rings. The second kappa shape index (κ2) is 4.51. The van der Waals surface area contributed by atoms with E-state index < -0.39 is 0 Å². The Morgan fingerprint density at radius 1 is 0.789 bits per heavy atom. The Labute approximate surface area is 110 Å². The van der Waals surface area contributed by atoms with E-state index in [1.807, 2.05) is 43.3 Å². The van der Waals surface area contributed by atoms with Gasteiger partial charge in [-0.2, -0.15) is 5.26 Å². The van der Waals surface area contributed by atoms with Crippen LogP contribution >= 0.6 is 0 Å². The van der Waals surface area contributed by atoms with Crippen LogP contribution in [0.3, 0.4) is 0 Å². The van der Waals surface area contributed by atoms with Gasteiger partial charge in [0.1, 0.15) is 11.5 Å². The highest BCUT2D eigenvalue weighted by Crippen LogP contribution is 2.29. The van der Waals surface area contributed by atoms with Crippen molar-refractivity contribution in [1.82, 2.24) is 0 Å². The van der Waals surface area contributed by atoms with Crippen LogP contribution in [0.2, 0.25) is 0 Å². The number of nitrogens with zero attached hydrogens (tertiary/aromatic N) is 1. The van der Waals surface area contributed by atoms with Crippen molar-refractivity contribution in [2.45, 2.75) is 6.92 Å². The smallest absolute Gasteiger partial charge is 0.170 e. The first-order valence-corrected chi connectivity index (χ1v) is 5.93. The van der Waals surface area contributed by atoms with Crippen LogP contribution in [0.15, 0.2) is 57.4 Å². The van der Waals surface area contributed by atoms with Gasteiger partial charge in [-0.1, -0.05) is 0 Å². The predicted molar refractivity (Wildman–Crippen MR) is 71.3 cm³/mol. The molecule has 0 unspecified atom stereocenters. The highest BCUT2D eigenvalue weighted by Gasteiger charge is 2.09. The lowest BCUT2D eigenvalue weighted by Crippen LogP contribution is -1.75. The second-order valence-corrected chi connectivity index (χ2v) is 4.26. The minimum Gasteiger partial charge on any atom is -0.458 e. The van der Waals surface area contributed by atoms with Crippen LogP contribution in [-0.4, -0.2) is 0 Å². The zero-order valence-electron chi connectivity index (χ0n) is 10.4. The molecule has 1 aromatic carbocycles. The number of hydrogen-bond acceptors (Lipinski definition) is 3. The molecule has 3 heteroatoms. The van der Waals surface area contributed by atoms with E-state index in [2.05, 4.69) is 6.07 Å². The Hall–Kier alpha value is -2.73. The van der Waals surface area contributed by atoms with Crippen molar-refractivity contribution in [3.05, 3.63) is 59.9 Å². The fourth-order valence-corrected chi connectivity index (χ4v) is 1.90. The first-order chi connectivity index (χ1) is 9.26. The largest absolute Gasteiger partial charge is 0.458 e. The molecular weight excluding hydrogens is 238 g/mol. The maximum absolute atomic E-state index is 8.77. The highest BCUT2D eigenvalue weighted by molar-refractivity contribution is 5.63. The van der Waals surface area contributed by atoms with E-state index in [0.29, 0.717) is 11.3 Å². The van der Waals surface area contributed by atoms with E-state index in [0.717, 1.165) is 22.8 Å². The van der Waals surface area contributed by atoms with Crippen molar-refractivity contribution in [3.8, 4) is 28.9 Å². The van der Waals surface area contributed by atoms with Crippen LogP contribution < -0.4 is 0 Å². The van der Waals surface area contributed by atoms with Gasteiger partial charge >= 0.3 is 0 Å². The van der Waals surface area contributed by atoms with Crippen molar-refractivity contribution in [2.24, 2.45) is 0 Å². The Bertz CT molecular complexity index is 742. The summed E-state index contributed by atoms with van der Waals surface area (Å²) in [6, 6.07) is 16.9. The van der Waals surface area contributed by atoms with Crippen molar-refractivity contribution < 1.29 is 8.83 Å². The summed E-state index contributed by atoms with van der Waals surface area (Å²) in [4.78, 5) is 0. The van der Waals surface area contributed by atoms with Gasteiger partial charge in [-0.05, 0) is 55.5 Å². The van der Waals surface area contributed by atoms with Gasteiger partial charge in [-0.15, -0.1) is 0 Å². The molecule has 0 saturated heterocycles. The van der Waals surface area contributed by atoms with Crippen LogP contribution in [-0.2, 0) is 0 Å². The van der Waals surface area contributed by atoms with Crippen LogP contribution in [0.5, 0.6) is 0 Å². The van der Waals surface area contributed by atoms with E-state index >= 15 is 0 Å². The topological polar surface area (TPSA) is 50.1 Å². The third-order valence-electron chi connectivity index (χ3n) is 2.89. The first-order valence-electron chi connectivity index (χ1n) is 5.93. The minimum absolute atomic E-state index is 0.636. The molecule has 0 radical (unpaired) electrons. The molecule has 2 heterocycles.